The Morgan fingerprint density at radius 3 is 1.96 bits per heavy atom. The number of phenols is 1. The van der Waals surface area contributed by atoms with Crippen LogP contribution in [0.15, 0.2) is 24.3 Å². The van der Waals surface area contributed by atoms with Gasteiger partial charge in [-0.2, -0.15) is 0 Å². The lowest BCUT2D eigenvalue weighted by Crippen LogP contribution is -2.51. The van der Waals surface area contributed by atoms with E-state index in [0.717, 1.165) is 21.3 Å². The van der Waals surface area contributed by atoms with Crippen molar-refractivity contribution in [2.24, 2.45) is 11.8 Å². The molecule has 0 spiro atoms. The van der Waals surface area contributed by atoms with Gasteiger partial charge in [-0.3, -0.25) is 14.4 Å². The minimum Gasteiger partial charge on any atom is -0.508 e. The van der Waals surface area contributed by atoms with Crippen molar-refractivity contribution < 1.29 is 38.5 Å². The van der Waals surface area contributed by atoms with Crippen molar-refractivity contribution in [3.05, 3.63) is 29.8 Å². The monoisotopic (exact) mass is 367 g/mol. The van der Waals surface area contributed by atoms with Crippen LogP contribution in [-0.4, -0.2) is 56.3 Å². The molecule has 26 heavy (non-hydrogen) atoms. The number of nitrogens with one attached hydrogen (secondary N) is 1. The highest BCUT2D eigenvalue weighted by Crippen LogP contribution is 2.21. The summed E-state index contributed by atoms with van der Waals surface area (Å²) in [6.07, 6.45) is 0. The number of hydrogen-bond donors (Lipinski definition) is 2. The lowest BCUT2D eigenvalue weighted by atomic mass is 9.87. The van der Waals surface area contributed by atoms with Crippen molar-refractivity contribution in [3.63, 3.8) is 0 Å². The molecule has 9 nitrogen and oxygen atoms in total. The minimum absolute atomic E-state index is 0.0822. The van der Waals surface area contributed by atoms with Crippen LogP contribution in [0.3, 0.4) is 0 Å². The molecular formula is C17H21NO8. The molecule has 2 atom stereocenters. The van der Waals surface area contributed by atoms with Crippen LogP contribution in [0.1, 0.15) is 17.3 Å². The molecule has 9 heteroatoms. The molecule has 1 rings (SSSR count). The third kappa shape index (κ3) is 4.95. The van der Waals surface area contributed by atoms with Crippen LogP contribution in [0.25, 0.3) is 0 Å². The van der Waals surface area contributed by atoms with Gasteiger partial charge in [-0.25, -0.2) is 4.79 Å². The fraction of sp³-hybridized carbons (Fsp3) is 0.412. The number of benzene rings is 1. The first-order chi connectivity index (χ1) is 12.3. The van der Waals surface area contributed by atoms with Gasteiger partial charge in [0.2, 0.25) is 0 Å². The first-order valence-electron chi connectivity index (χ1n) is 7.60. The van der Waals surface area contributed by atoms with E-state index < -0.39 is 41.7 Å². The summed E-state index contributed by atoms with van der Waals surface area (Å²) >= 11 is 0. The average Bonchev–Trinajstić information content (AvgIpc) is 2.64. The number of methoxy groups -OCH3 is 3. The first-order valence-corrected chi connectivity index (χ1v) is 7.60. The summed E-state index contributed by atoms with van der Waals surface area (Å²) in [7, 11) is 3.28. The zero-order valence-electron chi connectivity index (χ0n) is 14.8. The van der Waals surface area contributed by atoms with Gasteiger partial charge in [-0.05, 0) is 18.2 Å². The molecule has 0 unspecified atom stereocenters. The molecule has 142 valence electrons. The van der Waals surface area contributed by atoms with Crippen LogP contribution >= 0.6 is 0 Å². The van der Waals surface area contributed by atoms with Gasteiger partial charge in [0.25, 0.3) is 5.91 Å². The fourth-order valence-corrected chi connectivity index (χ4v) is 2.38. The normalized spacial score (nSPS) is 12.7. The maximum Gasteiger partial charge on any atom is 0.328 e. The second kappa shape index (κ2) is 9.40. The topological polar surface area (TPSA) is 128 Å². The number of aromatic hydroxyl groups is 1. The lowest BCUT2D eigenvalue weighted by Gasteiger charge is -2.27. The fourth-order valence-electron chi connectivity index (χ4n) is 2.38. The van der Waals surface area contributed by atoms with Crippen molar-refractivity contribution in [2.75, 3.05) is 21.3 Å². The van der Waals surface area contributed by atoms with E-state index in [2.05, 4.69) is 19.5 Å². The lowest BCUT2D eigenvalue weighted by molar-refractivity contribution is -0.162. The van der Waals surface area contributed by atoms with E-state index in [4.69, 9.17) is 0 Å². The summed E-state index contributed by atoms with van der Waals surface area (Å²) in [4.78, 5) is 48.4. The predicted octanol–water partition coefficient (Wildman–Crippen LogP) is 0.262. The standard InChI is InChI=1S/C17H21NO8/c1-9(12(15(21)24-2)16(22)25-3)13(17(23)26-4)18-14(20)10-6-5-7-11(19)8-10/h5-9,12-13,19H,1-4H3,(H,18,20)/t9-,13-/m1/s1. The average molecular weight is 367 g/mol. The molecule has 1 aromatic carbocycles. The zero-order chi connectivity index (χ0) is 19.9. The van der Waals surface area contributed by atoms with Gasteiger partial charge in [-0.1, -0.05) is 13.0 Å². The Balaban J connectivity index is 3.15. The van der Waals surface area contributed by atoms with Crippen molar-refractivity contribution in [1.82, 2.24) is 5.32 Å². The van der Waals surface area contributed by atoms with Crippen molar-refractivity contribution in [1.29, 1.82) is 0 Å². The molecule has 0 heterocycles. The van der Waals surface area contributed by atoms with Gasteiger partial charge in [0.05, 0.1) is 21.3 Å². The molecule has 0 fully saturated rings. The summed E-state index contributed by atoms with van der Waals surface area (Å²) in [5.41, 5.74) is 0.0822. The van der Waals surface area contributed by atoms with E-state index in [-0.39, 0.29) is 11.3 Å². The second-order valence-electron chi connectivity index (χ2n) is 5.41. The number of ether oxygens (including phenoxy) is 3. The second-order valence-corrected chi connectivity index (χ2v) is 5.41. The molecule has 0 saturated heterocycles. The third-order valence-corrected chi connectivity index (χ3v) is 3.81. The summed E-state index contributed by atoms with van der Waals surface area (Å²) in [5, 5.41) is 11.9. The molecule has 1 amide bonds. The van der Waals surface area contributed by atoms with Gasteiger partial charge in [0.15, 0.2) is 5.92 Å². The number of rotatable bonds is 7. The molecule has 0 aliphatic rings. The number of phenolic OH excluding ortho intramolecular Hbond substituents is 1. The zero-order valence-corrected chi connectivity index (χ0v) is 14.8. The van der Waals surface area contributed by atoms with Crippen molar-refractivity contribution in [2.45, 2.75) is 13.0 Å². The van der Waals surface area contributed by atoms with Crippen molar-refractivity contribution in [3.8, 4) is 5.75 Å². The van der Waals surface area contributed by atoms with Crippen LogP contribution in [0, 0.1) is 11.8 Å². The molecule has 1 aromatic rings. The third-order valence-electron chi connectivity index (χ3n) is 3.81. The largest absolute Gasteiger partial charge is 0.508 e. The number of carbonyl (C=O) groups excluding carboxylic acids is 4. The van der Waals surface area contributed by atoms with Gasteiger partial charge in [0, 0.05) is 11.5 Å². The molecular weight excluding hydrogens is 346 g/mol. The summed E-state index contributed by atoms with van der Waals surface area (Å²) in [6, 6.07) is 4.12. The van der Waals surface area contributed by atoms with Gasteiger partial charge in [-0.15, -0.1) is 0 Å². The highest BCUT2D eigenvalue weighted by atomic mass is 16.5. The van der Waals surface area contributed by atoms with E-state index in [1.54, 1.807) is 0 Å². The molecule has 0 radical (unpaired) electrons. The minimum atomic E-state index is -1.45. The summed E-state index contributed by atoms with van der Waals surface area (Å²) < 4.78 is 13.8. The highest BCUT2D eigenvalue weighted by molar-refractivity contribution is 5.99. The first kappa shape index (κ1) is 20.9. The van der Waals surface area contributed by atoms with E-state index >= 15 is 0 Å². The van der Waals surface area contributed by atoms with E-state index in [1.807, 2.05) is 0 Å². The Morgan fingerprint density at radius 2 is 1.50 bits per heavy atom. The van der Waals surface area contributed by atoms with Crippen LogP contribution in [0.5, 0.6) is 5.75 Å². The predicted molar refractivity (Wildman–Crippen MR) is 88.1 cm³/mol. The molecule has 0 aliphatic carbocycles. The number of esters is 3. The van der Waals surface area contributed by atoms with Crippen LogP contribution in [0.4, 0.5) is 0 Å². The maximum atomic E-state index is 12.4. The van der Waals surface area contributed by atoms with Gasteiger partial charge < -0.3 is 24.6 Å². The van der Waals surface area contributed by atoms with Gasteiger partial charge in [0.1, 0.15) is 11.8 Å². The Bertz CT molecular complexity index is 671. The van der Waals surface area contributed by atoms with E-state index in [0.29, 0.717) is 0 Å². The van der Waals surface area contributed by atoms with Crippen LogP contribution < -0.4 is 5.32 Å². The van der Waals surface area contributed by atoms with Crippen LogP contribution in [0.2, 0.25) is 0 Å². The van der Waals surface area contributed by atoms with Crippen molar-refractivity contribution >= 4 is 23.8 Å². The molecule has 0 aliphatic heterocycles. The smallest absolute Gasteiger partial charge is 0.328 e. The summed E-state index contributed by atoms with van der Waals surface area (Å²) in [5.74, 6) is -5.99. The summed E-state index contributed by atoms with van der Waals surface area (Å²) in [6.45, 7) is 1.41. The Morgan fingerprint density at radius 1 is 0.962 bits per heavy atom. The SMILES string of the molecule is COC(=O)C(C(=O)OC)[C@@H](C)[C@@H](NC(=O)c1cccc(O)c1)C(=O)OC. The van der Waals surface area contributed by atoms with E-state index in [9.17, 15) is 24.3 Å². The number of hydrogen-bond acceptors (Lipinski definition) is 8. The molecule has 2 N–H and O–H groups in total. The Hall–Kier alpha value is -3.10. The number of amides is 1. The van der Waals surface area contributed by atoms with Gasteiger partial charge >= 0.3 is 17.9 Å². The molecule has 0 saturated carbocycles. The van der Waals surface area contributed by atoms with Crippen LogP contribution in [-0.2, 0) is 28.6 Å². The maximum absolute atomic E-state index is 12.4. The molecule has 0 bridgehead atoms. The Kier molecular flexibility index (Phi) is 7.57. The molecule has 0 aromatic heterocycles. The number of carbonyl (C=O) groups is 4. The van der Waals surface area contributed by atoms with E-state index in [1.165, 1.54) is 31.2 Å². The quantitative estimate of drug-likeness (QED) is 0.399. The Labute approximate surface area is 150 Å². The highest BCUT2D eigenvalue weighted by Gasteiger charge is 2.42.